The maximum atomic E-state index is 11.2. The first-order chi connectivity index (χ1) is 5.93. The lowest BCUT2D eigenvalue weighted by molar-refractivity contribution is -0.145. The summed E-state index contributed by atoms with van der Waals surface area (Å²) < 4.78 is 4.15. The molecule has 1 fully saturated rings. The molecule has 0 aromatic rings. The van der Waals surface area contributed by atoms with E-state index in [1.807, 2.05) is 0 Å². The summed E-state index contributed by atoms with van der Waals surface area (Å²) in [7, 11) is 0. The van der Waals surface area contributed by atoms with Crippen molar-refractivity contribution in [1.29, 1.82) is 0 Å². The van der Waals surface area contributed by atoms with Crippen molar-refractivity contribution in [1.82, 2.24) is 0 Å². The lowest BCUT2D eigenvalue weighted by atomic mass is 10.1. The zero-order valence-corrected chi connectivity index (χ0v) is 9.36. The quantitative estimate of drug-likeness (QED) is 0.543. The number of rotatable bonds is 4. The number of hydrogen-bond acceptors (Lipinski definition) is 2. The van der Waals surface area contributed by atoms with E-state index in [9.17, 15) is 4.79 Å². The van der Waals surface area contributed by atoms with Crippen LogP contribution in [-0.4, -0.2) is 16.9 Å². The van der Waals surface area contributed by atoms with Crippen molar-refractivity contribution in [3.63, 3.8) is 0 Å². The minimum Gasteiger partial charge on any atom is -0.465 e. The van der Waals surface area contributed by atoms with Gasteiger partial charge in [-0.15, -0.1) is 23.2 Å². The molecule has 2 nitrogen and oxygen atoms in total. The van der Waals surface area contributed by atoms with Gasteiger partial charge in [-0.05, 0) is 18.8 Å². The minimum atomic E-state index is -0.852. The molecule has 0 radical (unpaired) electrons. The summed E-state index contributed by atoms with van der Waals surface area (Å²) in [6.45, 7) is 4.63. The smallest absolute Gasteiger partial charge is 0.312 e. The predicted octanol–water partition coefficient (Wildman–Crippen LogP) is 2.77. The largest absolute Gasteiger partial charge is 0.465 e. The first kappa shape index (κ1) is 11.1. The van der Waals surface area contributed by atoms with Gasteiger partial charge in [-0.1, -0.05) is 13.8 Å². The van der Waals surface area contributed by atoms with Crippen LogP contribution in [0.25, 0.3) is 0 Å². The SMILES string of the molecule is CC(C)CCOC(=O)C1CC1(Cl)Cl. The molecule has 1 unspecified atom stereocenters. The van der Waals surface area contributed by atoms with E-state index >= 15 is 0 Å². The van der Waals surface area contributed by atoms with Crippen LogP contribution in [0.3, 0.4) is 0 Å². The Hall–Kier alpha value is 0.0500. The van der Waals surface area contributed by atoms with Crippen LogP contribution in [0, 0.1) is 11.8 Å². The Morgan fingerprint density at radius 3 is 2.54 bits per heavy atom. The Bertz CT molecular complexity index is 202. The van der Waals surface area contributed by atoms with Crippen LogP contribution in [0.15, 0.2) is 0 Å². The van der Waals surface area contributed by atoms with Crippen LogP contribution in [0.4, 0.5) is 0 Å². The van der Waals surface area contributed by atoms with E-state index in [4.69, 9.17) is 27.9 Å². The van der Waals surface area contributed by atoms with Crippen LogP contribution in [0.5, 0.6) is 0 Å². The third-order valence-corrected chi connectivity index (χ3v) is 2.89. The molecule has 76 valence electrons. The summed E-state index contributed by atoms with van der Waals surface area (Å²) in [5.41, 5.74) is 0. The summed E-state index contributed by atoms with van der Waals surface area (Å²) in [4.78, 5) is 11.2. The molecule has 0 N–H and O–H groups in total. The summed E-state index contributed by atoms with van der Waals surface area (Å²) in [6, 6.07) is 0. The molecule has 1 rings (SSSR count). The van der Waals surface area contributed by atoms with Gasteiger partial charge in [0.2, 0.25) is 0 Å². The van der Waals surface area contributed by atoms with E-state index in [1.165, 1.54) is 0 Å². The molecule has 1 atom stereocenters. The summed E-state index contributed by atoms with van der Waals surface area (Å²) in [6.07, 6.45) is 1.41. The number of carbonyl (C=O) groups excluding carboxylic acids is 1. The van der Waals surface area contributed by atoms with Crippen molar-refractivity contribution in [2.75, 3.05) is 6.61 Å². The monoisotopic (exact) mass is 224 g/mol. The highest BCUT2D eigenvalue weighted by Gasteiger charge is 2.57. The number of halogens is 2. The Labute approximate surface area is 88.5 Å². The minimum absolute atomic E-state index is 0.259. The molecule has 0 bridgehead atoms. The molecule has 0 amide bonds. The third-order valence-electron chi connectivity index (χ3n) is 2.05. The second kappa shape index (κ2) is 4.05. The van der Waals surface area contributed by atoms with Crippen molar-refractivity contribution >= 4 is 29.2 Å². The van der Waals surface area contributed by atoms with Gasteiger partial charge >= 0.3 is 5.97 Å². The Morgan fingerprint density at radius 1 is 1.62 bits per heavy atom. The van der Waals surface area contributed by atoms with E-state index in [-0.39, 0.29) is 11.9 Å². The second-order valence-electron chi connectivity index (χ2n) is 3.87. The second-order valence-corrected chi connectivity index (χ2v) is 5.41. The van der Waals surface area contributed by atoms with Crippen LogP contribution in [0.2, 0.25) is 0 Å². The molecule has 1 aliphatic rings. The molecular formula is C9H14Cl2O2. The average Bonchev–Trinajstić information content (AvgIpc) is 2.59. The Kier molecular flexibility index (Phi) is 3.47. The summed E-state index contributed by atoms with van der Waals surface area (Å²) in [5.74, 6) is -0.0163. The van der Waals surface area contributed by atoms with E-state index in [2.05, 4.69) is 13.8 Å². The molecule has 0 heterocycles. The highest BCUT2D eigenvalue weighted by molar-refractivity contribution is 6.52. The molecule has 0 spiro atoms. The fraction of sp³-hybridized carbons (Fsp3) is 0.889. The van der Waals surface area contributed by atoms with Gasteiger partial charge in [0, 0.05) is 0 Å². The van der Waals surface area contributed by atoms with Gasteiger partial charge in [-0.2, -0.15) is 0 Å². The summed E-state index contributed by atoms with van der Waals surface area (Å²) in [5, 5.41) is 0. The first-order valence-corrected chi connectivity index (χ1v) is 5.23. The number of esters is 1. The van der Waals surface area contributed by atoms with Crippen molar-refractivity contribution in [3.05, 3.63) is 0 Å². The predicted molar refractivity (Wildman–Crippen MR) is 53.0 cm³/mol. The molecule has 1 saturated carbocycles. The van der Waals surface area contributed by atoms with E-state index in [1.54, 1.807) is 0 Å². The molecule has 1 aliphatic carbocycles. The maximum absolute atomic E-state index is 11.2. The van der Waals surface area contributed by atoms with E-state index in [0.29, 0.717) is 18.9 Å². The van der Waals surface area contributed by atoms with Crippen molar-refractivity contribution in [2.24, 2.45) is 11.8 Å². The van der Waals surface area contributed by atoms with E-state index < -0.39 is 4.33 Å². The van der Waals surface area contributed by atoms with Crippen molar-refractivity contribution in [3.8, 4) is 0 Å². The van der Waals surface area contributed by atoms with Crippen molar-refractivity contribution < 1.29 is 9.53 Å². The normalized spacial score (nSPS) is 24.5. The van der Waals surface area contributed by atoms with Gasteiger partial charge in [0.15, 0.2) is 0 Å². The van der Waals surface area contributed by atoms with Gasteiger partial charge in [0.1, 0.15) is 4.33 Å². The summed E-state index contributed by atoms with van der Waals surface area (Å²) >= 11 is 11.4. The van der Waals surface area contributed by atoms with Gasteiger partial charge in [-0.3, -0.25) is 4.79 Å². The average molecular weight is 225 g/mol. The molecule has 13 heavy (non-hydrogen) atoms. The van der Waals surface area contributed by atoms with E-state index in [0.717, 1.165) is 6.42 Å². The fourth-order valence-corrected chi connectivity index (χ4v) is 1.45. The number of ether oxygens (including phenoxy) is 1. The standard InChI is InChI=1S/C9H14Cl2O2/c1-6(2)3-4-13-8(12)7-5-9(7,10)11/h6-7H,3-5H2,1-2H3. The lowest BCUT2D eigenvalue weighted by Crippen LogP contribution is -2.12. The number of alkyl halides is 2. The fourth-order valence-electron chi connectivity index (χ4n) is 0.965. The molecular weight excluding hydrogens is 211 g/mol. The first-order valence-electron chi connectivity index (χ1n) is 4.48. The van der Waals surface area contributed by atoms with Crippen LogP contribution >= 0.6 is 23.2 Å². The highest BCUT2D eigenvalue weighted by atomic mass is 35.5. The lowest BCUT2D eigenvalue weighted by Gasteiger charge is -2.06. The molecule has 4 heteroatoms. The van der Waals surface area contributed by atoms with Gasteiger partial charge < -0.3 is 4.74 Å². The van der Waals surface area contributed by atoms with Crippen LogP contribution in [0.1, 0.15) is 26.7 Å². The third kappa shape index (κ3) is 3.35. The topological polar surface area (TPSA) is 26.3 Å². The Morgan fingerprint density at radius 2 is 2.15 bits per heavy atom. The highest BCUT2D eigenvalue weighted by Crippen LogP contribution is 2.53. The number of hydrogen-bond donors (Lipinski definition) is 0. The molecule has 0 aromatic heterocycles. The van der Waals surface area contributed by atoms with Crippen LogP contribution in [-0.2, 0) is 9.53 Å². The van der Waals surface area contributed by atoms with Gasteiger partial charge in [0.25, 0.3) is 0 Å². The van der Waals surface area contributed by atoms with Crippen LogP contribution < -0.4 is 0 Å². The molecule has 0 aromatic carbocycles. The zero-order chi connectivity index (χ0) is 10.1. The number of carbonyl (C=O) groups is 1. The van der Waals surface area contributed by atoms with Gasteiger partial charge in [0.05, 0.1) is 12.5 Å². The zero-order valence-electron chi connectivity index (χ0n) is 7.85. The molecule has 0 saturated heterocycles. The van der Waals surface area contributed by atoms with Crippen molar-refractivity contribution in [2.45, 2.75) is 31.0 Å². The molecule has 0 aliphatic heterocycles. The Balaban J connectivity index is 2.13. The van der Waals surface area contributed by atoms with Gasteiger partial charge in [-0.25, -0.2) is 0 Å². The maximum Gasteiger partial charge on any atom is 0.312 e.